The van der Waals surface area contributed by atoms with E-state index in [1.54, 1.807) is 6.07 Å². The molecule has 28 heavy (non-hydrogen) atoms. The number of aromatic nitrogens is 1. The van der Waals surface area contributed by atoms with Crippen LogP contribution in [-0.2, 0) is 21.3 Å². The van der Waals surface area contributed by atoms with E-state index < -0.39 is 0 Å². The van der Waals surface area contributed by atoms with Gasteiger partial charge in [0, 0.05) is 30.7 Å². The van der Waals surface area contributed by atoms with E-state index >= 15 is 0 Å². The molecule has 4 rings (SSSR count). The molecule has 0 N–H and O–H groups in total. The van der Waals surface area contributed by atoms with Crippen molar-refractivity contribution in [3.8, 4) is 0 Å². The molecule has 2 aliphatic heterocycles. The van der Waals surface area contributed by atoms with Gasteiger partial charge in [-0.2, -0.15) is 0 Å². The van der Waals surface area contributed by atoms with Crippen molar-refractivity contribution in [2.24, 2.45) is 0 Å². The Morgan fingerprint density at radius 2 is 2.04 bits per heavy atom. The number of nitrogens with zero attached hydrogens (tertiary/aromatic N) is 1. The van der Waals surface area contributed by atoms with Gasteiger partial charge in [0.2, 0.25) is 0 Å². The SMILES string of the molecule is Cc1cccc(CCCCC2(c3ccc(F)cn3)CCOC3(CCOC3)C2)c1. The largest absolute Gasteiger partial charge is 0.378 e. The third kappa shape index (κ3) is 4.28. The van der Waals surface area contributed by atoms with Crippen LogP contribution in [-0.4, -0.2) is 30.4 Å². The molecular weight excluding hydrogens is 353 g/mol. The molecule has 2 saturated heterocycles. The van der Waals surface area contributed by atoms with E-state index in [1.807, 2.05) is 6.07 Å². The second kappa shape index (κ2) is 8.30. The summed E-state index contributed by atoms with van der Waals surface area (Å²) in [5.41, 5.74) is 3.50. The predicted octanol–water partition coefficient (Wildman–Crippen LogP) is 5.15. The summed E-state index contributed by atoms with van der Waals surface area (Å²) >= 11 is 0. The van der Waals surface area contributed by atoms with E-state index in [0.29, 0.717) is 6.61 Å². The number of ether oxygens (including phenoxy) is 2. The first-order valence-corrected chi connectivity index (χ1v) is 10.5. The van der Waals surface area contributed by atoms with E-state index in [4.69, 9.17) is 9.47 Å². The minimum Gasteiger partial charge on any atom is -0.378 e. The van der Waals surface area contributed by atoms with E-state index in [2.05, 4.69) is 36.2 Å². The van der Waals surface area contributed by atoms with Crippen LogP contribution in [0, 0.1) is 12.7 Å². The van der Waals surface area contributed by atoms with Gasteiger partial charge in [-0.05, 0) is 56.7 Å². The Morgan fingerprint density at radius 1 is 1.11 bits per heavy atom. The highest BCUT2D eigenvalue weighted by molar-refractivity contribution is 5.23. The van der Waals surface area contributed by atoms with Crippen LogP contribution < -0.4 is 0 Å². The molecule has 2 aromatic rings. The molecule has 2 fully saturated rings. The molecule has 3 heterocycles. The summed E-state index contributed by atoms with van der Waals surface area (Å²) < 4.78 is 25.4. The van der Waals surface area contributed by atoms with Crippen LogP contribution in [0.4, 0.5) is 4.39 Å². The topological polar surface area (TPSA) is 31.4 Å². The maximum atomic E-state index is 13.5. The zero-order chi connectivity index (χ0) is 19.5. The van der Waals surface area contributed by atoms with Crippen molar-refractivity contribution in [3.63, 3.8) is 0 Å². The van der Waals surface area contributed by atoms with Gasteiger partial charge < -0.3 is 9.47 Å². The number of rotatable bonds is 6. The standard InChI is InChI=1S/C24H30FNO2/c1-19-5-4-7-20(15-19)6-2-3-10-23(22-9-8-21(25)16-26-22)11-14-28-24(17-23)12-13-27-18-24/h4-5,7-9,15-16H,2-3,6,10-14,17-18H2,1H3. The van der Waals surface area contributed by atoms with Gasteiger partial charge in [0.05, 0.1) is 18.4 Å². The van der Waals surface area contributed by atoms with Gasteiger partial charge in [-0.15, -0.1) is 0 Å². The summed E-state index contributed by atoms with van der Waals surface area (Å²) in [5, 5.41) is 0. The van der Waals surface area contributed by atoms with Crippen molar-refractivity contribution in [1.29, 1.82) is 0 Å². The molecule has 1 aromatic heterocycles. The van der Waals surface area contributed by atoms with Gasteiger partial charge in [0.25, 0.3) is 0 Å². The fourth-order valence-electron chi connectivity index (χ4n) is 4.97. The Hall–Kier alpha value is -1.78. The number of unbranched alkanes of at least 4 members (excludes halogenated alkanes) is 1. The fraction of sp³-hybridized carbons (Fsp3) is 0.542. The highest BCUT2D eigenvalue weighted by Crippen LogP contribution is 2.47. The van der Waals surface area contributed by atoms with Gasteiger partial charge in [0.1, 0.15) is 5.82 Å². The maximum absolute atomic E-state index is 13.5. The maximum Gasteiger partial charge on any atom is 0.141 e. The van der Waals surface area contributed by atoms with Gasteiger partial charge in [0.15, 0.2) is 0 Å². The van der Waals surface area contributed by atoms with Crippen molar-refractivity contribution in [2.75, 3.05) is 19.8 Å². The summed E-state index contributed by atoms with van der Waals surface area (Å²) in [6.45, 7) is 4.30. The third-order valence-electron chi connectivity index (χ3n) is 6.44. The minimum absolute atomic E-state index is 0.0494. The molecule has 1 spiro atoms. The molecule has 4 heteroatoms. The number of hydrogen-bond donors (Lipinski definition) is 0. The second-order valence-corrected chi connectivity index (χ2v) is 8.60. The van der Waals surface area contributed by atoms with Crippen molar-refractivity contribution >= 4 is 0 Å². The van der Waals surface area contributed by atoms with Crippen LogP contribution in [0.3, 0.4) is 0 Å². The summed E-state index contributed by atoms with van der Waals surface area (Å²) in [6.07, 6.45) is 8.60. The third-order valence-corrected chi connectivity index (χ3v) is 6.44. The average Bonchev–Trinajstić information content (AvgIpc) is 3.13. The molecule has 2 aliphatic rings. The summed E-state index contributed by atoms with van der Waals surface area (Å²) in [6, 6.07) is 12.2. The Bertz CT molecular complexity index is 785. The molecule has 2 atom stereocenters. The first kappa shape index (κ1) is 19.5. The highest BCUT2D eigenvalue weighted by Gasteiger charge is 2.49. The molecule has 150 valence electrons. The Balaban J connectivity index is 1.47. The lowest BCUT2D eigenvalue weighted by Gasteiger charge is -2.45. The summed E-state index contributed by atoms with van der Waals surface area (Å²) in [7, 11) is 0. The molecular formula is C24H30FNO2. The first-order valence-electron chi connectivity index (χ1n) is 10.5. The van der Waals surface area contributed by atoms with Crippen molar-refractivity contribution in [1.82, 2.24) is 4.98 Å². The molecule has 0 amide bonds. The van der Waals surface area contributed by atoms with E-state index in [0.717, 1.165) is 63.9 Å². The number of halogens is 1. The molecule has 0 radical (unpaired) electrons. The summed E-state index contributed by atoms with van der Waals surface area (Å²) in [4.78, 5) is 4.51. The van der Waals surface area contributed by atoms with Crippen molar-refractivity contribution in [2.45, 2.75) is 62.9 Å². The Morgan fingerprint density at radius 3 is 2.79 bits per heavy atom. The molecule has 0 aliphatic carbocycles. The number of pyridine rings is 1. The first-order chi connectivity index (χ1) is 13.6. The number of benzene rings is 1. The zero-order valence-corrected chi connectivity index (χ0v) is 16.8. The van der Waals surface area contributed by atoms with Gasteiger partial charge in [-0.25, -0.2) is 4.39 Å². The smallest absolute Gasteiger partial charge is 0.141 e. The quantitative estimate of drug-likeness (QED) is 0.647. The second-order valence-electron chi connectivity index (χ2n) is 8.60. The van der Waals surface area contributed by atoms with Crippen molar-refractivity contribution in [3.05, 3.63) is 65.2 Å². The van der Waals surface area contributed by atoms with Crippen molar-refractivity contribution < 1.29 is 13.9 Å². The molecule has 2 unspecified atom stereocenters. The molecule has 3 nitrogen and oxygen atoms in total. The number of aryl methyl sites for hydroxylation is 2. The monoisotopic (exact) mass is 383 g/mol. The normalized spacial score (nSPS) is 27.4. The van der Waals surface area contributed by atoms with Gasteiger partial charge in [-0.3, -0.25) is 4.98 Å². The van der Waals surface area contributed by atoms with Gasteiger partial charge >= 0.3 is 0 Å². The van der Waals surface area contributed by atoms with E-state index in [1.165, 1.54) is 17.3 Å². The number of hydrogen-bond acceptors (Lipinski definition) is 3. The van der Waals surface area contributed by atoms with E-state index in [9.17, 15) is 4.39 Å². The average molecular weight is 384 g/mol. The Labute approximate surface area is 167 Å². The Kier molecular flexibility index (Phi) is 5.79. The van der Waals surface area contributed by atoms with E-state index in [-0.39, 0.29) is 16.8 Å². The molecule has 0 saturated carbocycles. The van der Waals surface area contributed by atoms with Gasteiger partial charge in [-0.1, -0.05) is 36.2 Å². The van der Waals surface area contributed by atoms with Crippen LogP contribution in [0.1, 0.15) is 55.3 Å². The molecule has 0 bridgehead atoms. The lowest BCUT2D eigenvalue weighted by atomic mass is 9.67. The summed E-state index contributed by atoms with van der Waals surface area (Å²) in [5.74, 6) is -0.274. The minimum atomic E-state index is -0.274. The lowest BCUT2D eigenvalue weighted by molar-refractivity contribution is -0.109. The lowest BCUT2D eigenvalue weighted by Crippen LogP contribution is -2.48. The van der Waals surface area contributed by atoms with Crippen LogP contribution in [0.25, 0.3) is 0 Å². The van der Waals surface area contributed by atoms with Crippen LogP contribution >= 0.6 is 0 Å². The molecule has 1 aromatic carbocycles. The fourth-order valence-corrected chi connectivity index (χ4v) is 4.97. The van der Waals surface area contributed by atoms with Crippen LogP contribution in [0.2, 0.25) is 0 Å². The predicted molar refractivity (Wildman–Crippen MR) is 108 cm³/mol. The zero-order valence-electron chi connectivity index (χ0n) is 16.8. The van der Waals surface area contributed by atoms with Crippen LogP contribution in [0.5, 0.6) is 0 Å². The highest BCUT2D eigenvalue weighted by atomic mass is 19.1. The van der Waals surface area contributed by atoms with Crippen LogP contribution in [0.15, 0.2) is 42.6 Å².